The lowest BCUT2D eigenvalue weighted by molar-refractivity contribution is -0.137. The van der Waals surface area contributed by atoms with E-state index in [1.807, 2.05) is 42.2 Å². The van der Waals surface area contributed by atoms with Crippen molar-refractivity contribution in [2.45, 2.75) is 83.2 Å². The Morgan fingerprint density at radius 2 is 1.81 bits per heavy atom. The molecule has 31 heavy (non-hydrogen) atoms. The van der Waals surface area contributed by atoms with E-state index < -0.39 is 6.04 Å². The maximum Gasteiger partial charge on any atom is 0.248 e. The topological polar surface area (TPSA) is 49.4 Å². The minimum atomic E-state index is -0.575. The van der Waals surface area contributed by atoms with Crippen molar-refractivity contribution in [3.63, 3.8) is 0 Å². The van der Waals surface area contributed by atoms with Crippen molar-refractivity contribution in [2.24, 2.45) is 5.41 Å². The summed E-state index contributed by atoms with van der Waals surface area (Å²) >= 11 is 0. The molecule has 0 radical (unpaired) electrons. The van der Waals surface area contributed by atoms with Gasteiger partial charge in [0.15, 0.2) is 0 Å². The number of amides is 2. The van der Waals surface area contributed by atoms with Gasteiger partial charge >= 0.3 is 0 Å². The molecule has 0 saturated heterocycles. The van der Waals surface area contributed by atoms with Gasteiger partial charge in [-0.2, -0.15) is 0 Å². The van der Waals surface area contributed by atoms with Crippen molar-refractivity contribution in [2.75, 3.05) is 6.54 Å². The third-order valence-corrected chi connectivity index (χ3v) is 7.95. The Bertz CT molecular complexity index is 932. The van der Waals surface area contributed by atoms with E-state index in [0.29, 0.717) is 6.54 Å². The first-order chi connectivity index (χ1) is 15.0. The molecule has 2 saturated carbocycles. The van der Waals surface area contributed by atoms with Gasteiger partial charge < -0.3 is 10.2 Å². The molecule has 1 aliphatic heterocycles. The zero-order chi connectivity index (χ0) is 21.4. The van der Waals surface area contributed by atoms with Crippen LogP contribution >= 0.6 is 0 Å². The van der Waals surface area contributed by atoms with Crippen molar-refractivity contribution in [1.82, 2.24) is 10.2 Å². The lowest BCUT2D eigenvalue weighted by Crippen LogP contribution is -2.48. The molecule has 1 aromatic rings. The minimum absolute atomic E-state index is 0.0192. The van der Waals surface area contributed by atoms with Crippen LogP contribution in [0.25, 0.3) is 0 Å². The molecule has 4 aliphatic rings. The quantitative estimate of drug-likeness (QED) is 0.736. The van der Waals surface area contributed by atoms with Crippen LogP contribution in [0.5, 0.6) is 0 Å². The highest BCUT2D eigenvalue weighted by molar-refractivity contribution is 5.96. The van der Waals surface area contributed by atoms with Gasteiger partial charge in [-0.1, -0.05) is 62.4 Å². The van der Waals surface area contributed by atoms with Gasteiger partial charge in [-0.05, 0) is 66.7 Å². The Morgan fingerprint density at radius 3 is 2.55 bits per heavy atom. The number of allylic oxidation sites excluding steroid dienone is 1. The number of carbonyl (C=O) groups excluding carboxylic acids is 2. The second-order valence-electron chi connectivity index (χ2n) is 10.2. The Labute approximate surface area is 185 Å². The van der Waals surface area contributed by atoms with Gasteiger partial charge in [0, 0.05) is 18.7 Å². The van der Waals surface area contributed by atoms with E-state index in [-0.39, 0.29) is 23.3 Å². The summed E-state index contributed by atoms with van der Waals surface area (Å²) < 4.78 is 0. The van der Waals surface area contributed by atoms with E-state index in [0.717, 1.165) is 30.4 Å². The Hall–Kier alpha value is -2.36. The molecule has 5 rings (SSSR count). The fourth-order valence-electron chi connectivity index (χ4n) is 6.28. The summed E-state index contributed by atoms with van der Waals surface area (Å²) in [5.74, 6) is -0.0465. The summed E-state index contributed by atoms with van der Waals surface area (Å²) in [7, 11) is 0. The minimum Gasteiger partial charge on any atom is -0.351 e. The fraction of sp³-hybridized carbons (Fsp3) is 0.556. The molecular formula is C27H34N2O2. The number of benzene rings is 1. The normalized spacial score (nSPS) is 24.0. The molecule has 1 N–H and O–H groups in total. The lowest BCUT2D eigenvalue weighted by Gasteiger charge is -2.36. The largest absolute Gasteiger partial charge is 0.351 e. The first kappa shape index (κ1) is 20.5. The predicted octanol–water partition coefficient (Wildman–Crippen LogP) is 5.14. The Balaban J connectivity index is 1.46. The highest BCUT2D eigenvalue weighted by atomic mass is 16.2. The molecule has 0 aromatic heterocycles. The molecule has 4 nitrogen and oxygen atoms in total. The second kappa shape index (κ2) is 8.29. The van der Waals surface area contributed by atoms with Crippen LogP contribution in [0.1, 0.15) is 81.4 Å². The molecule has 2 amide bonds. The van der Waals surface area contributed by atoms with Crippen molar-refractivity contribution < 1.29 is 9.59 Å². The van der Waals surface area contributed by atoms with Gasteiger partial charge in [-0.15, -0.1) is 0 Å². The van der Waals surface area contributed by atoms with E-state index in [9.17, 15) is 9.59 Å². The third-order valence-electron chi connectivity index (χ3n) is 7.95. The van der Waals surface area contributed by atoms with Gasteiger partial charge in [-0.25, -0.2) is 0 Å². The summed E-state index contributed by atoms with van der Waals surface area (Å²) in [5.41, 5.74) is 4.74. The van der Waals surface area contributed by atoms with Crippen LogP contribution in [0.4, 0.5) is 0 Å². The molecule has 1 atom stereocenters. The predicted molar refractivity (Wildman–Crippen MR) is 122 cm³/mol. The van der Waals surface area contributed by atoms with Crippen molar-refractivity contribution in [1.29, 1.82) is 0 Å². The SMILES string of the molecule is Cc1ccccc1C(C(=O)NC1CCCCC1)N1CC2=CC3(CCCC3)CC2=CC1=O. The van der Waals surface area contributed by atoms with Crippen LogP contribution in [0.3, 0.4) is 0 Å². The van der Waals surface area contributed by atoms with Gasteiger partial charge in [0.2, 0.25) is 11.8 Å². The molecule has 164 valence electrons. The maximum absolute atomic E-state index is 13.6. The fourth-order valence-corrected chi connectivity index (χ4v) is 6.28. The van der Waals surface area contributed by atoms with E-state index in [4.69, 9.17) is 0 Å². The Morgan fingerprint density at radius 1 is 1.06 bits per heavy atom. The van der Waals surface area contributed by atoms with E-state index in [2.05, 4.69) is 11.4 Å². The number of carbonyl (C=O) groups is 2. The van der Waals surface area contributed by atoms with E-state index >= 15 is 0 Å². The summed E-state index contributed by atoms with van der Waals surface area (Å²) in [4.78, 5) is 28.7. The monoisotopic (exact) mass is 418 g/mol. The summed E-state index contributed by atoms with van der Waals surface area (Å²) in [6.45, 7) is 2.58. The van der Waals surface area contributed by atoms with Crippen LogP contribution in [0.2, 0.25) is 0 Å². The molecule has 1 aromatic carbocycles. The number of aryl methyl sites for hydroxylation is 1. The zero-order valence-electron chi connectivity index (χ0n) is 18.7. The molecule has 1 unspecified atom stereocenters. The number of hydrogen-bond donors (Lipinski definition) is 1. The molecular weight excluding hydrogens is 384 g/mol. The standard InChI is InChI=1S/C27H34N2O2/c1-19-9-5-6-12-23(19)25(26(31)28-22-10-3-2-4-11-22)29-18-21-17-27(13-7-8-14-27)16-20(21)15-24(29)30/h5-6,9,12,15,17,22,25H,2-4,7-8,10-11,13-14,16,18H2,1H3,(H,28,31). The highest BCUT2D eigenvalue weighted by Gasteiger charge is 2.43. The summed E-state index contributed by atoms with van der Waals surface area (Å²) in [6.07, 6.45) is 16.0. The number of nitrogens with zero attached hydrogens (tertiary/aromatic N) is 1. The average molecular weight is 419 g/mol. The van der Waals surface area contributed by atoms with Gasteiger partial charge in [-0.3, -0.25) is 9.59 Å². The van der Waals surface area contributed by atoms with Gasteiger partial charge in [0.25, 0.3) is 0 Å². The average Bonchev–Trinajstić information content (AvgIpc) is 3.36. The van der Waals surface area contributed by atoms with Crippen LogP contribution in [-0.2, 0) is 9.59 Å². The van der Waals surface area contributed by atoms with E-state index in [1.54, 1.807) is 0 Å². The van der Waals surface area contributed by atoms with Gasteiger partial charge in [0.1, 0.15) is 6.04 Å². The first-order valence-corrected chi connectivity index (χ1v) is 12.1. The molecule has 1 heterocycles. The number of nitrogens with one attached hydrogen (secondary N) is 1. The first-order valence-electron chi connectivity index (χ1n) is 12.1. The van der Waals surface area contributed by atoms with E-state index in [1.165, 1.54) is 56.1 Å². The molecule has 3 aliphatic carbocycles. The second-order valence-corrected chi connectivity index (χ2v) is 10.2. The maximum atomic E-state index is 13.6. The van der Waals surface area contributed by atoms with Crippen molar-refractivity contribution >= 4 is 11.8 Å². The lowest BCUT2D eigenvalue weighted by atomic mass is 9.85. The number of rotatable bonds is 4. The molecule has 1 spiro atoms. The summed E-state index contributed by atoms with van der Waals surface area (Å²) in [6, 6.07) is 7.67. The van der Waals surface area contributed by atoms with Crippen LogP contribution in [0, 0.1) is 12.3 Å². The zero-order valence-corrected chi connectivity index (χ0v) is 18.7. The smallest absolute Gasteiger partial charge is 0.248 e. The van der Waals surface area contributed by atoms with Crippen LogP contribution in [-0.4, -0.2) is 29.3 Å². The van der Waals surface area contributed by atoms with Crippen molar-refractivity contribution in [3.05, 3.63) is 58.7 Å². The Kier molecular flexibility index (Phi) is 5.49. The number of hydrogen-bond acceptors (Lipinski definition) is 2. The van der Waals surface area contributed by atoms with Crippen molar-refractivity contribution in [3.8, 4) is 0 Å². The highest BCUT2D eigenvalue weighted by Crippen LogP contribution is 2.52. The molecule has 4 heteroatoms. The third kappa shape index (κ3) is 3.97. The van der Waals surface area contributed by atoms with Crippen LogP contribution < -0.4 is 5.32 Å². The molecule has 2 fully saturated rings. The summed E-state index contributed by atoms with van der Waals surface area (Å²) in [5, 5.41) is 3.30. The van der Waals surface area contributed by atoms with Crippen LogP contribution in [0.15, 0.2) is 47.6 Å². The van der Waals surface area contributed by atoms with Gasteiger partial charge in [0.05, 0.1) is 0 Å². The molecule has 0 bridgehead atoms. The number of fused-ring (bicyclic) bond motifs is 1.